The third-order valence-corrected chi connectivity index (χ3v) is 2.76. The molecule has 1 unspecified atom stereocenters. The Morgan fingerprint density at radius 3 is 2.44 bits per heavy atom. The van der Waals surface area contributed by atoms with Gasteiger partial charge in [0.2, 0.25) is 0 Å². The lowest BCUT2D eigenvalue weighted by Gasteiger charge is -2.15. The fourth-order valence-electron chi connectivity index (χ4n) is 1.79. The Bertz CT molecular complexity index is 458. The van der Waals surface area contributed by atoms with E-state index in [0.717, 1.165) is 6.42 Å². The van der Waals surface area contributed by atoms with E-state index in [2.05, 4.69) is 0 Å². The first-order valence-corrected chi connectivity index (χ1v) is 5.78. The molecule has 0 saturated heterocycles. The number of nitrogens with two attached hydrogens (primary N) is 2. The van der Waals surface area contributed by atoms with Crippen LogP contribution in [0.1, 0.15) is 40.5 Å². The second kappa shape index (κ2) is 6.16. The summed E-state index contributed by atoms with van der Waals surface area (Å²) in [5.74, 6) is -0.869. The first kappa shape index (κ1) is 14.2. The van der Waals surface area contributed by atoms with Gasteiger partial charge < -0.3 is 16.2 Å². The lowest BCUT2D eigenvalue weighted by atomic mass is 9.98. The zero-order chi connectivity index (χ0) is 13.7. The number of nitrogen functional groups attached to an aromatic ring is 1. The summed E-state index contributed by atoms with van der Waals surface area (Å²) in [5, 5.41) is 0. The Labute approximate surface area is 106 Å². The van der Waals surface area contributed by atoms with Crippen LogP contribution >= 0.6 is 0 Å². The molecular weight excluding hydrogens is 232 g/mol. The zero-order valence-corrected chi connectivity index (χ0v) is 10.6. The van der Waals surface area contributed by atoms with E-state index in [1.807, 2.05) is 6.92 Å². The summed E-state index contributed by atoms with van der Waals surface area (Å²) in [6.07, 6.45) is 0.885. The van der Waals surface area contributed by atoms with Crippen LogP contribution in [0.5, 0.6) is 0 Å². The van der Waals surface area contributed by atoms with Crippen LogP contribution in [0, 0.1) is 0 Å². The molecule has 98 valence electrons. The van der Waals surface area contributed by atoms with Crippen molar-refractivity contribution in [3.05, 3.63) is 29.3 Å². The number of benzene rings is 1. The van der Waals surface area contributed by atoms with E-state index < -0.39 is 12.0 Å². The topological polar surface area (TPSA) is 95.4 Å². The van der Waals surface area contributed by atoms with Crippen molar-refractivity contribution in [2.75, 3.05) is 12.8 Å². The van der Waals surface area contributed by atoms with Crippen LogP contribution in [0.15, 0.2) is 18.2 Å². The van der Waals surface area contributed by atoms with Gasteiger partial charge in [0, 0.05) is 12.7 Å². The molecule has 0 spiro atoms. The van der Waals surface area contributed by atoms with Crippen LogP contribution in [0.25, 0.3) is 0 Å². The molecule has 1 aromatic carbocycles. The smallest absolute Gasteiger partial charge is 0.250 e. The van der Waals surface area contributed by atoms with E-state index in [1.165, 1.54) is 13.2 Å². The van der Waals surface area contributed by atoms with Crippen LogP contribution < -0.4 is 11.5 Å². The van der Waals surface area contributed by atoms with Gasteiger partial charge in [-0.15, -0.1) is 0 Å². The quantitative estimate of drug-likeness (QED) is 0.588. The number of carbonyl (C=O) groups is 2. The highest BCUT2D eigenvalue weighted by molar-refractivity contribution is 6.09. The average molecular weight is 250 g/mol. The van der Waals surface area contributed by atoms with Gasteiger partial charge in [0.15, 0.2) is 5.78 Å². The number of hydrogen-bond donors (Lipinski definition) is 2. The highest BCUT2D eigenvalue weighted by Crippen LogP contribution is 2.20. The molecule has 18 heavy (non-hydrogen) atoms. The van der Waals surface area contributed by atoms with Crippen molar-refractivity contribution in [1.29, 1.82) is 0 Å². The molecule has 1 aromatic rings. The molecule has 0 radical (unpaired) electrons. The Kier molecular flexibility index (Phi) is 4.85. The van der Waals surface area contributed by atoms with Crippen LogP contribution in [0.2, 0.25) is 0 Å². The molecule has 4 N–H and O–H groups in total. The molecule has 0 aromatic heterocycles. The van der Waals surface area contributed by atoms with E-state index >= 15 is 0 Å². The van der Waals surface area contributed by atoms with Crippen molar-refractivity contribution in [1.82, 2.24) is 0 Å². The highest BCUT2D eigenvalue weighted by Gasteiger charge is 2.22. The van der Waals surface area contributed by atoms with Gasteiger partial charge in [0.25, 0.3) is 5.91 Å². The van der Waals surface area contributed by atoms with E-state index in [9.17, 15) is 9.59 Å². The number of hydrogen-bond acceptors (Lipinski definition) is 4. The number of Topliss-reactive ketones (excluding diaryl/α,β-unsaturated/α-hetero) is 1. The molecule has 0 heterocycles. The van der Waals surface area contributed by atoms with Crippen LogP contribution in [0.3, 0.4) is 0 Å². The molecular formula is C13H18N2O3. The van der Waals surface area contributed by atoms with Crippen molar-refractivity contribution >= 4 is 17.4 Å². The molecule has 1 amide bonds. The van der Waals surface area contributed by atoms with E-state index in [-0.39, 0.29) is 22.6 Å². The standard InChI is InChI=1S/C13H18N2O3/c1-3-5-10(18-2)12(16)8-6-4-7-9(11(8)14)13(15)17/h4,6-7,10H,3,5,14H2,1-2H3,(H2,15,17). The maximum absolute atomic E-state index is 12.2. The summed E-state index contributed by atoms with van der Waals surface area (Å²) in [5.41, 5.74) is 11.5. The molecule has 0 saturated carbocycles. The van der Waals surface area contributed by atoms with Gasteiger partial charge in [0.1, 0.15) is 6.10 Å². The molecule has 1 atom stereocenters. The minimum Gasteiger partial charge on any atom is -0.397 e. The number of carbonyl (C=O) groups excluding carboxylic acids is 2. The van der Waals surface area contributed by atoms with Crippen molar-refractivity contribution in [2.24, 2.45) is 5.73 Å². The SMILES string of the molecule is CCCC(OC)C(=O)c1cccc(C(N)=O)c1N. The monoisotopic (exact) mass is 250 g/mol. The van der Waals surface area contributed by atoms with Gasteiger partial charge in [0.05, 0.1) is 11.3 Å². The lowest BCUT2D eigenvalue weighted by molar-refractivity contribution is 0.0579. The van der Waals surface area contributed by atoms with Crippen molar-refractivity contribution in [2.45, 2.75) is 25.9 Å². The molecule has 0 aliphatic rings. The second-order valence-corrected chi connectivity index (χ2v) is 4.01. The second-order valence-electron chi connectivity index (χ2n) is 4.01. The van der Waals surface area contributed by atoms with Gasteiger partial charge in [-0.2, -0.15) is 0 Å². The number of methoxy groups -OCH3 is 1. The van der Waals surface area contributed by atoms with E-state index in [0.29, 0.717) is 6.42 Å². The van der Waals surface area contributed by atoms with Gasteiger partial charge in [-0.25, -0.2) is 0 Å². The molecule has 5 nitrogen and oxygen atoms in total. The minimum atomic E-state index is -0.647. The van der Waals surface area contributed by atoms with Crippen LogP contribution in [-0.2, 0) is 4.74 Å². The maximum atomic E-state index is 12.2. The number of ether oxygens (including phenoxy) is 1. The maximum Gasteiger partial charge on any atom is 0.250 e. The van der Waals surface area contributed by atoms with E-state index in [4.69, 9.17) is 16.2 Å². The first-order valence-electron chi connectivity index (χ1n) is 5.78. The number of primary amides is 1. The number of rotatable bonds is 6. The Balaban J connectivity index is 3.13. The summed E-state index contributed by atoms with van der Waals surface area (Å²) < 4.78 is 5.14. The van der Waals surface area contributed by atoms with Crippen molar-refractivity contribution < 1.29 is 14.3 Å². The fourth-order valence-corrected chi connectivity index (χ4v) is 1.79. The van der Waals surface area contributed by atoms with Crippen molar-refractivity contribution in [3.63, 3.8) is 0 Å². The zero-order valence-electron chi connectivity index (χ0n) is 10.6. The predicted octanol–water partition coefficient (Wildman–Crippen LogP) is 1.37. The molecule has 0 aliphatic carbocycles. The highest BCUT2D eigenvalue weighted by atomic mass is 16.5. The Morgan fingerprint density at radius 2 is 1.94 bits per heavy atom. The van der Waals surface area contributed by atoms with Gasteiger partial charge >= 0.3 is 0 Å². The Hall–Kier alpha value is -1.88. The summed E-state index contributed by atoms with van der Waals surface area (Å²) in [4.78, 5) is 23.4. The summed E-state index contributed by atoms with van der Waals surface area (Å²) >= 11 is 0. The third-order valence-electron chi connectivity index (χ3n) is 2.76. The molecule has 0 bridgehead atoms. The van der Waals surface area contributed by atoms with Gasteiger partial charge in [-0.05, 0) is 18.6 Å². The third kappa shape index (κ3) is 2.87. The number of amides is 1. The molecule has 5 heteroatoms. The number of para-hydroxylation sites is 1. The van der Waals surface area contributed by atoms with Gasteiger partial charge in [-0.1, -0.05) is 19.4 Å². The summed E-state index contributed by atoms with van der Waals surface area (Å²) in [6, 6.07) is 4.66. The normalized spacial score (nSPS) is 12.1. The number of anilines is 1. The van der Waals surface area contributed by atoms with Crippen LogP contribution in [0.4, 0.5) is 5.69 Å². The summed E-state index contributed by atoms with van der Waals surface area (Å²) in [6.45, 7) is 1.96. The average Bonchev–Trinajstić information content (AvgIpc) is 2.35. The summed E-state index contributed by atoms with van der Waals surface area (Å²) in [7, 11) is 1.48. The van der Waals surface area contributed by atoms with Crippen molar-refractivity contribution in [3.8, 4) is 0 Å². The molecule has 0 aliphatic heterocycles. The largest absolute Gasteiger partial charge is 0.397 e. The van der Waals surface area contributed by atoms with Crippen LogP contribution in [-0.4, -0.2) is 24.9 Å². The molecule has 0 fully saturated rings. The minimum absolute atomic E-state index is 0.119. The molecule has 1 rings (SSSR count). The van der Waals surface area contributed by atoms with Gasteiger partial charge in [-0.3, -0.25) is 9.59 Å². The first-order chi connectivity index (χ1) is 8.52. The van der Waals surface area contributed by atoms with E-state index in [1.54, 1.807) is 12.1 Å². The fraction of sp³-hybridized carbons (Fsp3) is 0.385. The predicted molar refractivity (Wildman–Crippen MR) is 69.4 cm³/mol. The lowest BCUT2D eigenvalue weighted by Crippen LogP contribution is -2.25. The Morgan fingerprint density at radius 1 is 1.33 bits per heavy atom. The number of ketones is 1.